The molecule has 1 unspecified atom stereocenters. The average molecular weight is 351 g/mol. The van der Waals surface area contributed by atoms with Crippen molar-refractivity contribution in [2.45, 2.75) is 18.9 Å². The zero-order valence-corrected chi connectivity index (χ0v) is 15.1. The molecule has 2 heterocycles. The van der Waals surface area contributed by atoms with Gasteiger partial charge in [0, 0.05) is 50.8 Å². The predicted molar refractivity (Wildman–Crippen MR) is 98.9 cm³/mol. The van der Waals surface area contributed by atoms with Crippen molar-refractivity contribution in [2.24, 2.45) is 4.99 Å². The van der Waals surface area contributed by atoms with E-state index in [9.17, 15) is 0 Å². The average Bonchev–Trinajstić information content (AvgIpc) is 3.11. The summed E-state index contributed by atoms with van der Waals surface area (Å²) in [6, 6.07) is 8.64. The summed E-state index contributed by atoms with van der Waals surface area (Å²) in [4.78, 5) is 9.38. The molecule has 2 fully saturated rings. The minimum absolute atomic E-state index is 0.621. The van der Waals surface area contributed by atoms with Crippen LogP contribution in [-0.2, 0) is 11.2 Å². The van der Waals surface area contributed by atoms with Gasteiger partial charge in [-0.2, -0.15) is 0 Å². The van der Waals surface area contributed by atoms with E-state index in [-0.39, 0.29) is 0 Å². The Morgan fingerprint density at radius 2 is 2.08 bits per heavy atom. The quantitative estimate of drug-likeness (QED) is 0.664. The Hall–Kier alpha value is -1.30. The molecule has 2 saturated heterocycles. The molecule has 0 radical (unpaired) electrons. The number of halogens is 1. The molecule has 0 spiro atoms. The molecule has 0 aliphatic carbocycles. The zero-order chi connectivity index (χ0) is 16.8. The molecular weight excluding hydrogens is 324 g/mol. The summed E-state index contributed by atoms with van der Waals surface area (Å²) in [6.45, 7) is 6.78. The Morgan fingerprint density at radius 1 is 1.29 bits per heavy atom. The van der Waals surface area contributed by atoms with Crippen molar-refractivity contribution in [1.29, 1.82) is 0 Å². The first-order valence-corrected chi connectivity index (χ1v) is 9.16. The summed E-state index contributed by atoms with van der Waals surface area (Å²) in [7, 11) is 1.86. The van der Waals surface area contributed by atoms with Gasteiger partial charge in [0.15, 0.2) is 5.96 Å². The molecule has 24 heavy (non-hydrogen) atoms. The van der Waals surface area contributed by atoms with Gasteiger partial charge in [-0.15, -0.1) is 0 Å². The third kappa shape index (κ3) is 4.41. The van der Waals surface area contributed by atoms with Gasteiger partial charge in [-0.3, -0.25) is 9.89 Å². The fraction of sp³-hybridized carbons (Fsp3) is 0.611. The number of hydrogen-bond acceptors (Lipinski definition) is 3. The third-order valence-electron chi connectivity index (χ3n) is 4.87. The molecule has 0 aromatic heterocycles. The number of nitrogens with one attached hydrogen (secondary N) is 1. The van der Waals surface area contributed by atoms with Crippen LogP contribution in [0, 0.1) is 0 Å². The van der Waals surface area contributed by atoms with Crippen molar-refractivity contribution in [2.75, 3.05) is 53.0 Å². The van der Waals surface area contributed by atoms with Gasteiger partial charge >= 0.3 is 0 Å². The van der Waals surface area contributed by atoms with E-state index in [0.29, 0.717) is 6.04 Å². The van der Waals surface area contributed by atoms with E-state index in [1.165, 1.54) is 12.0 Å². The van der Waals surface area contributed by atoms with Gasteiger partial charge in [-0.1, -0.05) is 29.8 Å². The second-order valence-corrected chi connectivity index (χ2v) is 6.76. The standard InChI is InChI=1S/C18H27ClN4O/c1-20-18(21-8-6-15-4-2-3-5-17(15)19)23-9-7-16(14-23)22-10-12-24-13-11-22/h2-5,16H,6-14H2,1H3,(H,20,21). The van der Waals surface area contributed by atoms with Crippen LogP contribution in [0.4, 0.5) is 0 Å². The fourth-order valence-corrected chi connectivity index (χ4v) is 3.75. The molecule has 1 atom stereocenters. The van der Waals surface area contributed by atoms with E-state index in [4.69, 9.17) is 16.3 Å². The highest BCUT2D eigenvalue weighted by atomic mass is 35.5. The Labute approximate surface area is 149 Å². The maximum absolute atomic E-state index is 6.22. The van der Waals surface area contributed by atoms with Crippen molar-refractivity contribution < 1.29 is 4.74 Å². The van der Waals surface area contributed by atoms with E-state index >= 15 is 0 Å². The van der Waals surface area contributed by atoms with Crippen LogP contribution in [0.3, 0.4) is 0 Å². The predicted octanol–water partition coefficient (Wildman–Crippen LogP) is 1.86. The smallest absolute Gasteiger partial charge is 0.193 e. The molecule has 1 aromatic carbocycles. The van der Waals surface area contributed by atoms with Crippen molar-refractivity contribution in [3.63, 3.8) is 0 Å². The molecule has 5 nitrogen and oxygen atoms in total. The molecule has 0 saturated carbocycles. The van der Waals surface area contributed by atoms with Gasteiger partial charge in [0.05, 0.1) is 13.2 Å². The second-order valence-electron chi connectivity index (χ2n) is 6.35. The molecule has 1 aromatic rings. The summed E-state index contributed by atoms with van der Waals surface area (Å²) < 4.78 is 5.46. The van der Waals surface area contributed by atoms with Gasteiger partial charge < -0.3 is 15.0 Å². The van der Waals surface area contributed by atoms with Gasteiger partial charge in [0.2, 0.25) is 0 Å². The van der Waals surface area contributed by atoms with Gasteiger partial charge in [-0.05, 0) is 24.5 Å². The number of benzene rings is 1. The highest BCUT2D eigenvalue weighted by molar-refractivity contribution is 6.31. The lowest BCUT2D eigenvalue weighted by Crippen LogP contribution is -2.46. The molecule has 2 aliphatic heterocycles. The van der Waals surface area contributed by atoms with Crippen molar-refractivity contribution in [1.82, 2.24) is 15.1 Å². The number of likely N-dealkylation sites (tertiary alicyclic amines) is 1. The number of rotatable bonds is 4. The monoisotopic (exact) mass is 350 g/mol. The maximum atomic E-state index is 6.22. The van der Waals surface area contributed by atoms with Crippen LogP contribution in [0.2, 0.25) is 5.02 Å². The Kier molecular flexibility index (Phi) is 6.35. The number of ether oxygens (including phenoxy) is 1. The molecule has 6 heteroatoms. The maximum Gasteiger partial charge on any atom is 0.193 e. The number of guanidine groups is 1. The van der Waals surface area contributed by atoms with Crippen LogP contribution in [0.15, 0.2) is 29.3 Å². The lowest BCUT2D eigenvalue weighted by atomic mass is 10.1. The first-order valence-electron chi connectivity index (χ1n) is 8.78. The first-order chi connectivity index (χ1) is 11.8. The summed E-state index contributed by atoms with van der Waals surface area (Å²) in [5.41, 5.74) is 1.18. The largest absolute Gasteiger partial charge is 0.379 e. The fourth-order valence-electron chi connectivity index (χ4n) is 3.52. The highest BCUT2D eigenvalue weighted by Crippen LogP contribution is 2.17. The number of hydrogen-bond donors (Lipinski definition) is 1. The molecule has 3 rings (SSSR count). The van der Waals surface area contributed by atoms with Gasteiger partial charge in [-0.25, -0.2) is 0 Å². The molecule has 0 amide bonds. The van der Waals surface area contributed by atoms with E-state index in [1.54, 1.807) is 0 Å². The molecular formula is C18H27ClN4O. The van der Waals surface area contributed by atoms with Gasteiger partial charge in [0.25, 0.3) is 0 Å². The van der Waals surface area contributed by atoms with E-state index < -0.39 is 0 Å². The lowest BCUT2D eigenvalue weighted by Gasteiger charge is -2.32. The number of nitrogens with zero attached hydrogens (tertiary/aromatic N) is 3. The summed E-state index contributed by atoms with van der Waals surface area (Å²) in [5, 5.41) is 4.32. The molecule has 0 bridgehead atoms. The summed E-state index contributed by atoms with van der Waals surface area (Å²) >= 11 is 6.22. The normalized spacial score (nSPS) is 22.8. The topological polar surface area (TPSA) is 40.1 Å². The van der Waals surface area contributed by atoms with Crippen LogP contribution in [0.25, 0.3) is 0 Å². The lowest BCUT2D eigenvalue weighted by molar-refractivity contribution is 0.0195. The molecule has 1 N–H and O–H groups in total. The molecule has 132 valence electrons. The van der Waals surface area contributed by atoms with Crippen molar-refractivity contribution in [3.8, 4) is 0 Å². The summed E-state index contributed by atoms with van der Waals surface area (Å²) in [5.74, 6) is 0.998. The van der Waals surface area contributed by atoms with Crippen molar-refractivity contribution >= 4 is 17.6 Å². The highest BCUT2D eigenvalue weighted by Gasteiger charge is 2.30. The third-order valence-corrected chi connectivity index (χ3v) is 5.24. The van der Waals surface area contributed by atoms with Crippen LogP contribution in [0.5, 0.6) is 0 Å². The van der Waals surface area contributed by atoms with Crippen LogP contribution in [0.1, 0.15) is 12.0 Å². The van der Waals surface area contributed by atoms with Crippen LogP contribution < -0.4 is 5.32 Å². The minimum atomic E-state index is 0.621. The number of aliphatic imine (C=N–C) groups is 1. The molecule has 2 aliphatic rings. The summed E-state index contributed by atoms with van der Waals surface area (Å²) in [6.07, 6.45) is 2.10. The van der Waals surface area contributed by atoms with E-state index in [1.807, 2.05) is 25.2 Å². The van der Waals surface area contributed by atoms with Crippen LogP contribution >= 0.6 is 11.6 Å². The Balaban J connectivity index is 1.47. The number of morpholine rings is 1. The van der Waals surface area contributed by atoms with E-state index in [0.717, 1.165) is 63.3 Å². The minimum Gasteiger partial charge on any atom is -0.379 e. The van der Waals surface area contributed by atoms with E-state index in [2.05, 4.69) is 26.2 Å². The van der Waals surface area contributed by atoms with Crippen LogP contribution in [-0.4, -0.2) is 74.8 Å². The van der Waals surface area contributed by atoms with Crippen molar-refractivity contribution in [3.05, 3.63) is 34.9 Å². The zero-order valence-electron chi connectivity index (χ0n) is 14.4. The Bertz CT molecular complexity index is 560. The first kappa shape index (κ1) is 17.5. The Morgan fingerprint density at radius 3 is 2.83 bits per heavy atom. The van der Waals surface area contributed by atoms with Gasteiger partial charge in [0.1, 0.15) is 0 Å². The SMILES string of the molecule is CN=C(NCCc1ccccc1Cl)N1CCC(N2CCOCC2)C1. The second kappa shape index (κ2) is 8.70.